The summed E-state index contributed by atoms with van der Waals surface area (Å²) in [6.45, 7) is 0. The van der Waals surface area contributed by atoms with Crippen molar-refractivity contribution in [2.75, 3.05) is 0 Å². The molecule has 0 radical (unpaired) electrons. The molecular formula is C10H7ClN2O. The van der Waals surface area contributed by atoms with Crippen LogP contribution >= 0.6 is 11.6 Å². The van der Waals surface area contributed by atoms with E-state index in [1.54, 1.807) is 30.3 Å². The molecule has 0 unspecified atom stereocenters. The first-order valence-corrected chi connectivity index (χ1v) is 4.19. The van der Waals surface area contributed by atoms with Crippen LogP contribution in [0, 0.1) is 11.3 Å². The molecule has 0 bridgehead atoms. The monoisotopic (exact) mass is 206 g/mol. The second-order valence-corrected chi connectivity index (χ2v) is 2.96. The van der Waals surface area contributed by atoms with Crippen molar-refractivity contribution in [2.24, 2.45) is 5.73 Å². The summed E-state index contributed by atoms with van der Waals surface area (Å²) < 4.78 is 0. The van der Waals surface area contributed by atoms with Gasteiger partial charge in [0.2, 0.25) is 0 Å². The van der Waals surface area contributed by atoms with E-state index in [0.29, 0.717) is 10.6 Å². The fourth-order valence-electron chi connectivity index (χ4n) is 0.906. The van der Waals surface area contributed by atoms with Gasteiger partial charge in [0.25, 0.3) is 5.91 Å². The Morgan fingerprint density at radius 2 is 2.14 bits per heavy atom. The van der Waals surface area contributed by atoms with Gasteiger partial charge in [-0.05, 0) is 17.7 Å². The normalized spacial score (nSPS) is 10.7. The van der Waals surface area contributed by atoms with Crippen molar-refractivity contribution >= 4 is 23.6 Å². The Balaban J connectivity index is 3.15. The highest BCUT2D eigenvalue weighted by atomic mass is 35.5. The highest BCUT2D eigenvalue weighted by molar-refractivity contribution is 6.32. The zero-order valence-electron chi connectivity index (χ0n) is 7.20. The van der Waals surface area contributed by atoms with Crippen molar-refractivity contribution < 1.29 is 4.79 Å². The molecule has 1 rings (SSSR count). The molecule has 1 amide bonds. The Morgan fingerprint density at radius 3 is 2.64 bits per heavy atom. The Kier molecular flexibility index (Phi) is 3.27. The second-order valence-electron chi connectivity index (χ2n) is 2.56. The summed E-state index contributed by atoms with van der Waals surface area (Å²) in [7, 11) is 0. The second kappa shape index (κ2) is 4.45. The van der Waals surface area contributed by atoms with Crippen molar-refractivity contribution in [1.82, 2.24) is 0 Å². The predicted molar refractivity (Wildman–Crippen MR) is 54.2 cm³/mol. The number of halogens is 1. The average Bonchev–Trinajstić information content (AvgIpc) is 2.16. The first kappa shape index (κ1) is 10.3. The summed E-state index contributed by atoms with van der Waals surface area (Å²) in [6.07, 6.45) is 1.37. The summed E-state index contributed by atoms with van der Waals surface area (Å²) in [5.74, 6) is -0.757. The zero-order valence-corrected chi connectivity index (χ0v) is 7.95. The Labute approximate surface area is 86.4 Å². The fraction of sp³-hybridized carbons (Fsp3) is 0. The molecule has 0 saturated carbocycles. The van der Waals surface area contributed by atoms with Crippen molar-refractivity contribution in [3.05, 3.63) is 40.4 Å². The van der Waals surface area contributed by atoms with Gasteiger partial charge in [-0.3, -0.25) is 4.79 Å². The molecule has 2 N–H and O–H groups in total. The topological polar surface area (TPSA) is 66.9 Å². The van der Waals surface area contributed by atoms with Crippen LogP contribution < -0.4 is 5.73 Å². The van der Waals surface area contributed by atoms with E-state index in [-0.39, 0.29) is 5.57 Å². The van der Waals surface area contributed by atoms with E-state index in [2.05, 4.69) is 0 Å². The molecule has 0 atom stereocenters. The van der Waals surface area contributed by atoms with Crippen LogP contribution in [0.4, 0.5) is 0 Å². The maximum atomic E-state index is 10.7. The molecule has 4 heteroatoms. The summed E-state index contributed by atoms with van der Waals surface area (Å²) in [5.41, 5.74) is 5.46. The van der Waals surface area contributed by atoms with Crippen LogP contribution in [-0.4, -0.2) is 5.91 Å². The van der Waals surface area contributed by atoms with E-state index in [0.717, 1.165) is 0 Å². The Bertz CT molecular complexity index is 432. The lowest BCUT2D eigenvalue weighted by atomic mass is 10.1. The van der Waals surface area contributed by atoms with E-state index in [4.69, 9.17) is 22.6 Å². The van der Waals surface area contributed by atoms with Gasteiger partial charge in [0.1, 0.15) is 11.6 Å². The minimum absolute atomic E-state index is 0.113. The van der Waals surface area contributed by atoms with Gasteiger partial charge in [0.15, 0.2) is 0 Å². The summed E-state index contributed by atoms with van der Waals surface area (Å²) >= 11 is 5.82. The number of benzene rings is 1. The number of nitriles is 1. The number of nitrogens with zero attached hydrogens (tertiary/aromatic N) is 1. The van der Waals surface area contributed by atoms with Crippen LogP contribution in [-0.2, 0) is 4.79 Å². The standard InChI is InChI=1S/C10H7ClN2O/c11-9-4-2-1-3-7(9)5-8(6-12)10(13)14/h1-5H,(H2,13,14). The average molecular weight is 207 g/mol. The minimum atomic E-state index is -0.757. The molecule has 0 aliphatic heterocycles. The zero-order chi connectivity index (χ0) is 10.6. The molecular weight excluding hydrogens is 200 g/mol. The third kappa shape index (κ3) is 2.35. The van der Waals surface area contributed by atoms with E-state index < -0.39 is 5.91 Å². The highest BCUT2D eigenvalue weighted by Gasteiger charge is 2.04. The molecule has 0 heterocycles. The molecule has 0 spiro atoms. The number of carbonyl (C=O) groups excluding carboxylic acids is 1. The van der Waals surface area contributed by atoms with Gasteiger partial charge in [0.05, 0.1) is 0 Å². The quantitative estimate of drug-likeness (QED) is 0.592. The minimum Gasteiger partial charge on any atom is -0.365 e. The molecule has 0 aliphatic carbocycles. The van der Waals surface area contributed by atoms with Gasteiger partial charge in [-0.2, -0.15) is 5.26 Å². The number of carbonyl (C=O) groups is 1. The third-order valence-corrected chi connectivity index (χ3v) is 1.94. The molecule has 0 aromatic heterocycles. The molecule has 0 aliphatic rings. The highest BCUT2D eigenvalue weighted by Crippen LogP contribution is 2.17. The van der Waals surface area contributed by atoms with Crippen LogP contribution in [0.1, 0.15) is 5.56 Å². The fourth-order valence-corrected chi connectivity index (χ4v) is 1.10. The van der Waals surface area contributed by atoms with E-state index in [1.807, 2.05) is 0 Å². The lowest BCUT2D eigenvalue weighted by Gasteiger charge is -1.97. The van der Waals surface area contributed by atoms with Crippen molar-refractivity contribution in [1.29, 1.82) is 5.26 Å². The van der Waals surface area contributed by atoms with Crippen molar-refractivity contribution in [2.45, 2.75) is 0 Å². The van der Waals surface area contributed by atoms with Crippen LogP contribution in [0.15, 0.2) is 29.8 Å². The molecule has 70 valence electrons. The van der Waals surface area contributed by atoms with E-state index in [9.17, 15) is 4.79 Å². The van der Waals surface area contributed by atoms with Gasteiger partial charge >= 0.3 is 0 Å². The lowest BCUT2D eigenvalue weighted by Crippen LogP contribution is -2.12. The SMILES string of the molecule is N#CC(=Cc1ccccc1Cl)C(N)=O. The first-order chi connectivity index (χ1) is 6.65. The van der Waals surface area contributed by atoms with E-state index in [1.165, 1.54) is 6.08 Å². The number of hydrogen-bond donors (Lipinski definition) is 1. The van der Waals surface area contributed by atoms with Gasteiger partial charge in [-0.15, -0.1) is 0 Å². The van der Waals surface area contributed by atoms with Gasteiger partial charge in [0, 0.05) is 5.02 Å². The maximum absolute atomic E-state index is 10.7. The van der Waals surface area contributed by atoms with Crippen LogP contribution in [0.2, 0.25) is 5.02 Å². The molecule has 1 aromatic rings. The lowest BCUT2D eigenvalue weighted by molar-refractivity contribution is -0.114. The number of rotatable bonds is 2. The maximum Gasteiger partial charge on any atom is 0.259 e. The molecule has 3 nitrogen and oxygen atoms in total. The molecule has 0 fully saturated rings. The number of amides is 1. The first-order valence-electron chi connectivity index (χ1n) is 3.81. The molecule has 14 heavy (non-hydrogen) atoms. The smallest absolute Gasteiger partial charge is 0.259 e. The van der Waals surface area contributed by atoms with Gasteiger partial charge < -0.3 is 5.73 Å². The van der Waals surface area contributed by atoms with E-state index >= 15 is 0 Å². The molecule has 0 saturated heterocycles. The van der Waals surface area contributed by atoms with Crippen LogP contribution in [0.5, 0.6) is 0 Å². The van der Waals surface area contributed by atoms with Crippen molar-refractivity contribution in [3.8, 4) is 6.07 Å². The Hall–Kier alpha value is -1.79. The van der Waals surface area contributed by atoms with Crippen molar-refractivity contribution in [3.63, 3.8) is 0 Å². The van der Waals surface area contributed by atoms with Crippen LogP contribution in [0.3, 0.4) is 0 Å². The van der Waals surface area contributed by atoms with Gasteiger partial charge in [-0.25, -0.2) is 0 Å². The number of hydrogen-bond acceptors (Lipinski definition) is 2. The van der Waals surface area contributed by atoms with Crippen LogP contribution in [0.25, 0.3) is 6.08 Å². The molecule has 1 aromatic carbocycles. The third-order valence-electron chi connectivity index (χ3n) is 1.59. The number of nitrogens with two attached hydrogens (primary N) is 1. The Morgan fingerprint density at radius 1 is 1.50 bits per heavy atom. The number of primary amides is 1. The summed E-state index contributed by atoms with van der Waals surface area (Å²) in [4.78, 5) is 10.7. The predicted octanol–water partition coefficient (Wildman–Crippen LogP) is 1.73. The summed E-state index contributed by atoms with van der Waals surface area (Å²) in [6, 6.07) is 8.59. The van der Waals surface area contributed by atoms with Gasteiger partial charge in [-0.1, -0.05) is 29.8 Å². The largest absolute Gasteiger partial charge is 0.365 e. The summed E-state index contributed by atoms with van der Waals surface area (Å²) in [5, 5.41) is 9.06.